The van der Waals surface area contributed by atoms with Crippen LogP contribution in [0.3, 0.4) is 0 Å². The highest BCUT2D eigenvalue weighted by atomic mass is 19.1. The zero-order valence-corrected chi connectivity index (χ0v) is 16.9. The number of hydrogen-bond acceptors (Lipinski definition) is 3. The highest BCUT2D eigenvalue weighted by molar-refractivity contribution is 5.88. The quantitative estimate of drug-likeness (QED) is 0.638. The molecular weight excluding hydrogens is 360 g/mol. The Kier molecular flexibility index (Phi) is 6.86. The van der Waals surface area contributed by atoms with E-state index in [1.165, 1.54) is 6.92 Å². The number of rotatable bonds is 3. The fraction of sp³-hybridized carbons (Fsp3) is 0.500. The summed E-state index contributed by atoms with van der Waals surface area (Å²) < 4.78 is 30.9. The predicted molar refractivity (Wildman–Crippen MR) is 108 cm³/mol. The number of Topliss-reactive ketones (excluding diaryl/α,β-unsaturated/α-hetero) is 1. The van der Waals surface area contributed by atoms with Gasteiger partial charge < -0.3 is 4.57 Å². The molecule has 0 N–H and O–H groups in total. The summed E-state index contributed by atoms with van der Waals surface area (Å²) in [7, 11) is 0. The van der Waals surface area contributed by atoms with Crippen molar-refractivity contribution in [1.82, 2.24) is 14.5 Å². The average molecular weight is 389 g/mol. The molecule has 1 fully saturated rings. The van der Waals surface area contributed by atoms with E-state index in [1.807, 2.05) is 30.5 Å². The number of carbonyl (C=O) groups excluding carboxylic acids is 1. The van der Waals surface area contributed by atoms with Gasteiger partial charge in [0.05, 0.1) is 30.0 Å². The van der Waals surface area contributed by atoms with Gasteiger partial charge in [-0.05, 0) is 44.7 Å². The largest absolute Gasteiger partial charge is 0.321 e. The van der Waals surface area contributed by atoms with Gasteiger partial charge in [0.15, 0.2) is 11.5 Å². The van der Waals surface area contributed by atoms with Crippen molar-refractivity contribution in [2.45, 2.75) is 70.3 Å². The highest BCUT2D eigenvalue weighted by Crippen LogP contribution is 2.44. The predicted octanol–water partition coefficient (Wildman–Crippen LogP) is 5.65. The van der Waals surface area contributed by atoms with Gasteiger partial charge in [0.25, 0.3) is 0 Å². The molecule has 1 unspecified atom stereocenters. The van der Waals surface area contributed by atoms with Crippen LogP contribution in [0.2, 0.25) is 0 Å². The van der Waals surface area contributed by atoms with Crippen molar-refractivity contribution in [2.24, 2.45) is 0 Å². The van der Waals surface area contributed by atoms with Crippen molar-refractivity contribution in [1.29, 1.82) is 0 Å². The zero-order valence-electron chi connectivity index (χ0n) is 16.9. The number of aromatic nitrogens is 3. The molecule has 0 spiro atoms. The summed E-state index contributed by atoms with van der Waals surface area (Å²) in [5.74, 6) is -0.457. The summed E-state index contributed by atoms with van der Waals surface area (Å²) in [5.41, 5.74) is -0.693. The molecule has 0 saturated heterocycles. The molecule has 0 aromatic carbocycles. The Morgan fingerprint density at radius 3 is 2.54 bits per heavy atom. The lowest BCUT2D eigenvalue weighted by molar-refractivity contribution is -0.135. The molecule has 2 aromatic rings. The first kappa shape index (κ1) is 21.9. The second kappa shape index (κ2) is 8.76. The third-order valence-corrected chi connectivity index (χ3v) is 5.40. The van der Waals surface area contributed by atoms with E-state index in [0.29, 0.717) is 0 Å². The summed E-state index contributed by atoms with van der Waals surface area (Å²) in [5, 5.41) is 0. The van der Waals surface area contributed by atoms with E-state index in [0.717, 1.165) is 17.0 Å². The van der Waals surface area contributed by atoms with Crippen LogP contribution in [0.1, 0.15) is 64.6 Å². The smallest absolute Gasteiger partial charge is 0.172 e. The molecule has 0 bridgehead atoms. The van der Waals surface area contributed by atoms with Crippen molar-refractivity contribution >= 4 is 5.78 Å². The van der Waals surface area contributed by atoms with Crippen molar-refractivity contribution in [3.05, 3.63) is 49.7 Å². The van der Waals surface area contributed by atoms with E-state index in [-0.39, 0.29) is 38.1 Å². The van der Waals surface area contributed by atoms with Crippen LogP contribution in [0, 0.1) is 0 Å². The van der Waals surface area contributed by atoms with Crippen molar-refractivity contribution in [3.8, 4) is 11.3 Å². The van der Waals surface area contributed by atoms with E-state index < -0.39 is 17.1 Å². The van der Waals surface area contributed by atoms with Crippen LogP contribution in [0.4, 0.5) is 8.78 Å². The maximum atomic E-state index is 15.1. The molecule has 6 heteroatoms. The fourth-order valence-electron chi connectivity index (χ4n) is 3.79. The van der Waals surface area contributed by atoms with E-state index in [4.69, 9.17) is 0 Å². The number of fused-ring (bicyclic) bond motifs is 3. The molecule has 28 heavy (non-hydrogen) atoms. The van der Waals surface area contributed by atoms with E-state index in [2.05, 4.69) is 23.1 Å². The van der Waals surface area contributed by atoms with E-state index >= 15 is 4.39 Å². The van der Waals surface area contributed by atoms with Crippen molar-refractivity contribution < 1.29 is 13.6 Å². The molecule has 2 aliphatic rings. The Hall–Kier alpha value is -2.37. The van der Waals surface area contributed by atoms with Crippen LogP contribution in [0.25, 0.3) is 11.3 Å². The van der Waals surface area contributed by atoms with Crippen LogP contribution >= 0.6 is 0 Å². The third-order valence-electron chi connectivity index (χ3n) is 5.40. The van der Waals surface area contributed by atoms with Gasteiger partial charge in [0, 0.05) is 18.2 Å². The number of alkyl halides is 2. The molecule has 1 aliphatic heterocycles. The number of ketones is 1. The molecule has 1 atom stereocenters. The first-order valence-electron chi connectivity index (χ1n) is 9.78. The molecule has 3 heterocycles. The van der Waals surface area contributed by atoms with Crippen LogP contribution in [0.5, 0.6) is 0 Å². The number of nitrogens with zero attached hydrogens (tertiary/aromatic N) is 3. The Morgan fingerprint density at radius 1 is 1.25 bits per heavy atom. The fourth-order valence-corrected chi connectivity index (χ4v) is 3.79. The first-order valence-corrected chi connectivity index (χ1v) is 9.78. The van der Waals surface area contributed by atoms with E-state index in [9.17, 15) is 9.18 Å². The Bertz CT molecular complexity index is 806. The molecule has 4 nitrogen and oxygen atoms in total. The standard InChI is InChI=1S/C18H19F2N3O.C2H6.C2H4/c1-17(19)4-6-18(20,7-5-17)15(24)9-13-16-12(3-2-8-22-16)14-10-21-11-23(13)14;2*1-2/h2-3,8,10-11,13H,4-7,9H2,1H3;1-2H3;1-2H2. The summed E-state index contributed by atoms with van der Waals surface area (Å²) in [6.07, 6.45) is 5.17. The second-order valence-corrected chi connectivity index (χ2v) is 7.14. The van der Waals surface area contributed by atoms with Crippen LogP contribution in [0.15, 0.2) is 44.0 Å². The number of imidazole rings is 1. The lowest BCUT2D eigenvalue weighted by Crippen LogP contribution is -2.42. The molecule has 152 valence electrons. The molecule has 0 radical (unpaired) electrons. The number of carbonyl (C=O) groups is 1. The Balaban J connectivity index is 0.000000660. The molecule has 1 saturated carbocycles. The number of pyridine rings is 1. The van der Waals surface area contributed by atoms with Gasteiger partial charge in [-0.1, -0.05) is 13.8 Å². The Morgan fingerprint density at radius 2 is 1.89 bits per heavy atom. The van der Waals surface area contributed by atoms with Crippen LogP contribution < -0.4 is 0 Å². The van der Waals surface area contributed by atoms with Gasteiger partial charge in [-0.15, -0.1) is 13.2 Å². The maximum absolute atomic E-state index is 15.1. The molecular formula is C22H29F2N3O. The summed E-state index contributed by atoms with van der Waals surface area (Å²) in [6, 6.07) is 3.43. The molecule has 4 rings (SSSR count). The summed E-state index contributed by atoms with van der Waals surface area (Å²) in [4.78, 5) is 21.2. The topological polar surface area (TPSA) is 47.8 Å². The lowest BCUT2D eigenvalue weighted by Gasteiger charge is -2.35. The Labute approximate surface area is 165 Å². The summed E-state index contributed by atoms with van der Waals surface area (Å²) in [6.45, 7) is 11.5. The first-order chi connectivity index (χ1) is 13.4. The van der Waals surface area contributed by atoms with Crippen LogP contribution in [-0.2, 0) is 4.79 Å². The monoisotopic (exact) mass is 389 g/mol. The molecule has 2 aromatic heterocycles. The number of halogens is 2. The summed E-state index contributed by atoms with van der Waals surface area (Å²) >= 11 is 0. The number of hydrogen-bond donors (Lipinski definition) is 0. The third kappa shape index (κ3) is 4.05. The SMILES string of the molecule is C=C.CC.CC1(F)CCC(F)(C(=O)CC2c3ncccc3-c3cncn32)CC1. The zero-order chi connectivity index (χ0) is 20.9. The van der Waals surface area contributed by atoms with Crippen LogP contribution in [-0.4, -0.2) is 31.7 Å². The van der Waals surface area contributed by atoms with E-state index in [1.54, 1.807) is 18.7 Å². The van der Waals surface area contributed by atoms with Crippen molar-refractivity contribution in [2.75, 3.05) is 0 Å². The minimum absolute atomic E-state index is 0.0207. The van der Waals surface area contributed by atoms with Gasteiger partial charge in [-0.25, -0.2) is 13.8 Å². The molecule has 1 aliphatic carbocycles. The van der Waals surface area contributed by atoms with Gasteiger partial charge in [-0.3, -0.25) is 9.78 Å². The van der Waals surface area contributed by atoms with Gasteiger partial charge >= 0.3 is 0 Å². The van der Waals surface area contributed by atoms with Gasteiger partial charge in [0.2, 0.25) is 0 Å². The van der Waals surface area contributed by atoms with Crippen molar-refractivity contribution in [3.63, 3.8) is 0 Å². The maximum Gasteiger partial charge on any atom is 0.172 e. The van der Waals surface area contributed by atoms with Gasteiger partial charge in [-0.2, -0.15) is 0 Å². The molecule has 0 amide bonds. The minimum atomic E-state index is -1.93. The average Bonchev–Trinajstić information content (AvgIpc) is 3.30. The minimum Gasteiger partial charge on any atom is -0.321 e. The highest BCUT2D eigenvalue weighted by Gasteiger charge is 2.47. The lowest BCUT2D eigenvalue weighted by atomic mass is 9.75. The second-order valence-electron chi connectivity index (χ2n) is 7.14. The van der Waals surface area contributed by atoms with Gasteiger partial charge in [0.1, 0.15) is 5.67 Å². The normalized spacial score (nSPS) is 27.4.